The molecule has 4 aromatic rings. The van der Waals surface area contributed by atoms with Crippen LogP contribution in [0.2, 0.25) is 5.02 Å². The molecule has 1 N–H and O–H groups in total. The van der Waals surface area contributed by atoms with E-state index in [2.05, 4.69) is 10.3 Å². The molecular weight excluding hydrogens is 458 g/mol. The Morgan fingerprint density at radius 1 is 1.25 bits per heavy atom. The van der Waals surface area contributed by atoms with Gasteiger partial charge in [0.25, 0.3) is 11.6 Å². The van der Waals surface area contributed by atoms with Crippen molar-refractivity contribution in [3.8, 4) is 10.6 Å². The number of methoxy groups -OCH3 is 1. The van der Waals surface area contributed by atoms with E-state index in [1.807, 2.05) is 24.3 Å². The maximum absolute atomic E-state index is 12.9. The SMILES string of the molecule is COC(=O)c1c(C)oc(NC(=O)c2ccc(Cl)cc2[N+](=O)[O-])c1-c1nc2ccccc2s1. The molecule has 0 aliphatic rings. The number of halogens is 1. The number of ether oxygens (including phenoxy) is 1. The van der Waals surface area contributed by atoms with Crippen molar-refractivity contribution in [1.29, 1.82) is 0 Å². The van der Waals surface area contributed by atoms with E-state index in [0.29, 0.717) is 10.5 Å². The maximum atomic E-state index is 12.9. The number of para-hydroxylation sites is 1. The van der Waals surface area contributed by atoms with Crippen LogP contribution >= 0.6 is 22.9 Å². The summed E-state index contributed by atoms with van der Waals surface area (Å²) in [5.41, 5.74) is 0.358. The summed E-state index contributed by atoms with van der Waals surface area (Å²) >= 11 is 7.13. The number of rotatable bonds is 5. The van der Waals surface area contributed by atoms with Crippen molar-refractivity contribution >= 4 is 56.6 Å². The Morgan fingerprint density at radius 2 is 2.00 bits per heavy atom. The molecule has 11 heteroatoms. The third-order valence-electron chi connectivity index (χ3n) is 4.61. The molecule has 0 fully saturated rings. The molecule has 0 bridgehead atoms. The molecule has 2 aromatic carbocycles. The number of nitro groups is 1. The van der Waals surface area contributed by atoms with Gasteiger partial charge in [-0.25, -0.2) is 9.78 Å². The standard InChI is InChI=1S/C21H14ClN3O6S/c1-10-16(21(27)30-2)17(20-23-13-5-3-4-6-15(13)32-20)19(31-10)24-18(26)12-8-7-11(22)9-14(12)25(28)29/h3-9H,1-2H3,(H,24,26). The van der Waals surface area contributed by atoms with Gasteiger partial charge in [-0.2, -0.15) is 0 Å². The van der Waals surface area contributed by atoms with Crippen LogP contribution < -0.4 is 5.32 Å². The minimum Gasteiger partial charge on any atom is -0.465 e. The Hall–Kier alpha value is -3.76. The van der Waals surface area contributed by atoms with Gasteiger partial charge >= 0.3 is 5.97 Å². The van der Waals surface area contributed by atoms with E-state index in [4.69, 9.17) is 20.8 Å². The van der Waals surface area contributed by atoms with Gasteiger partial charge in [-0.1, -0.05) is 23.7 Å². The highest BCUT2D eigenvalue weighted by molar-refractivity contribution is 7.21. The Labute approximate surface area is 189 Å². The molecule has 0 spiro atoms. The normalized spacial score (nSPS) is 10.8. The van der Waals surface area contributed by atoms with Gasteiger partial charge in [-0.3, -0.25) is 20.2 Å². The van der Waals surface area contributed by atoms with E-state index in [0.717, 1.165) is 10.8 Å². The Bertz CT molecular complexity index is 1360. The zero-order valence-electron chi connectivity index (χ0n) is 16.7. The minimum absolute atomic E-state index is 0.0730. The molecule has 9 nitrogen and oxygen atoms in total. The van der Waals surface area contributed by atoms with Crippen LogP contribution in [0.15, 0.2) is 46.9 Å². The summed E-state index contributed by atoms with van der Waals surface area (Å²) in [5.74, 6) is -1.34. The van der Waals surface area contributed by atoms with Gasteiger partial charge < -0.3 is 9.15 Å². The summed E-state index contributed by atoms with van der Waals surface area (Å²) in [6, 6.07) is 11.1. The maximum Gasteiger partial charge on any atom is 0.342 e. The lowest BCUT2D eigenvalue weighted by atomic mass is 10.1. The molecule has 4 rings (SSSR count). The number of nitro benzene ring substituents is 1. The molecule has 0 unspecified atom stereocenters. The smallest absolute Gasteiger partial charge is 0.342 e. The Balaban J connectivity index is 1.84. The number of furan rings is 1. The summed E-state index contributed by atoms with van der Waals surface area (Å²) in [5, 5.41) is 14.4. The first-order chi connectivity index (χ1) is 15.3. The average molecular weight is 472 g/mol. The topological polar surface area (TPSA) is 125 Å². The molecule has 32 heavy (non-hydrogen) atoms. The molecule has 162 valence electrons. The second-order valence-corrected chi connectivity index (χ2v) is 8.06. The number of nitrogens with one attached hydrogen (secondary N) is 1. The highest BCUT2D eigenvalue weighted by Crippen LogP contribution is 2.41. The summed E-state index contributed by atoms with van der Waals surface area (Å²) in [7, 11) is 1.23. The number of anilines is 1. The summed E-state index contributed by atoms with van der Waals surface area (Å²) in [6.07, 6.45) is 0. The zero-order chi connectivity index (χ0) is 23.0. The monoisotopic (exact) mass is 471 g/mol. The van der Waals surface area contributed by atoms with Crippen LogP contribution in [-0.2, 0) is 4.74 Å². The molecule has 0 radical (unpaired) electrons. The van der Waals surface area contributed by atoms with Crippen LogP contribution in [0.25, 0.3) is 20.8 Å². The predicted octanol–water partition coefficient (Wildman–Crippen LogP) is 5.47. The third-order valence-corrected chi connectivity index (χ3v) is 5.90. The van der Waals surface area contributed by atoms with Crippen LogP contribution in [-0.4, -0.2) is 28.9 Å². The van der Waals surface area contributed by atoms with Gasteiger partial charge in [0.2, 0.25) is 5.88 Å². The predicted molar refractivity (Wildman–Crippen MR) is 119 cm³/mol. The van der Waals surface area contributed by atoms with Gasteiger partial charge in [-0.05, 0) is 31.2 Å². The van der Waals surface area contributed by atoms with Crippen molar-refractivity contribution in [3.05, 3.63) is 74.5 Å². The van der Waals surface area contributed by atoms with E-state index in [1.165, 1.54) is 30.6 Å². The van der Waals surface area contributed by atoms with Gasteiger partial charge in [0.15, 0.2) is 0 Å². The number of aromatic nitrogens is 1. The molecule has 0 saturated heterocycles. The number of hydrogen-bond acceptors (Lipinski definition) is 8. The number of carbonyl (C=O) groups excluding carboxylic acids is 2. The molecular formula is C21H14ClN3O6S. The molecule has 0 saturated carbocycles. The first-order valence-corrected chi connectivity index (χ1v) is 10.3. The van der Waals surface area contributed by atoms with Crippen LogP contribution in [0.1, 0.15) is 26.5 Å². The summed E-state index contributed by atoms with van der Waals surface area (Å²) in [4.78, 5) is 40.6. The van der Waals surface area contributed by atoms with Crippen molar-refractivity contribution in [1.82, 2.24) is 4.98 Å². The molecule has 0 aliphatic heterocycles. The van der Waals surface area contributed by atoms with Gasteiger partial charge in [0.05, 0.1) is 27.8 Å². The van der Waals surface area contributed by atoms with Gasteiger partial charge in [-0.15, -0.1) is 11.3 Å². The van der Waals surface area contributed by atoms with E-state index in [1.54, 1.807) is 6.92 Å². The number of aryl methyl sites for hydroxylation is 1. The van der Waals surface area contributed by atoms with Crippen molar-refractivity contribution in [3.63, 3.8) is 0 Å². The van der Waals surface area contributed by atoms with E-state index >= 15 is 0 Å². The Morgan fingerprint density at radius 3 is 2.69 bits per heavy atom. The average Bonchev–Trinajstić information content (AvgIpc) is 3.33. The fourth-order valence-corrected chi connectivity index (χ4v) is 4.36. The van der Waals surface area contributed by atoms with Crippen molar-refractivity contribution in [2.75, 3.05) is 12.4 Å². The largest absolute Gasteiger partial charge is 0.465 e. The second kappa shape index (κ2) is 8.40. The van der Waals surface area contributed by atoms with Crippen molar-refractivity contribution in [2.24, 2.45) is 0 Å². The molecule has 2 aromatic heterocycles. The highest BCUT2D eigenvalue weighted by atomic mass is 35.5. The van der Waals surface area contributed by atoms with E-state index in [9.17, 15) is 19.7 Å². The lowest BCUT2D eigenvalue weighted by Gasteiger charge is -2.06. The minimum atomic E-state index is -0.805. The van der Waals surface area contributed by atoms with Crippen LogP contribution in [0, 0.1) is 17.0 Å². The lowest BCUT2D eigenvalue weighted by molar-refractivity contribution is -0.385. The quantitative estimate of drug-likeness (QED) is 0.232. The molecule has 0 atom stereocenters. The van der Waals surface area contributed by atoms with Crippen LogP contribution in [0.5, 0.6) is 0 Å². The number of hydrogen-bond donors (Lipinski definition) is 1. The van der Waals surface area contributed by atoms with E-state index < -0.39 is 22.5 Å². The van der Waals surface area contributed by atoms with Crippen LogP contribution in [0.3, 0.4) is 0 Å². The summed E-state index contributed by atoms with van der Waals surface area (Å²) in [6.45, 7) is 1.55. The fraction of sp³-hybridized carbons (Fsp3) is 0.0952. The number of nitrogens with zero attached hydrogens (tertiary/aromatic N) is 2. The number of benzene rings is 2. The zero-order valence-corrected chi connectivity index (χ0v) is 18.2. The van der Waals surface area contributed by atoms with Gasteiger partial charge in [0, 0.05) is 11.1 Å². The second-order valence-electron chi connectivity index (χ2n) is 6.59. The number of thiazole rings is 1. The van der Waals surface area contributed by atoms with Crippen molar-refractivity contribution < 1.29 is 23.7 Å². The Kier molecular flexibility index (Phi) is 5.64. The highest BCUT2D eigenvalue weighted by Gasteiger charge is 2.30. The number of esters is 1. The molecule has 2 heterocycles. The first kappa shape index (κ1) is 21.5. The first-order valence-electron chi connectivity index (χ1n) is 9.13. The third kappa shape index (κ3) is 3.81. The van der Waals surface area contributed by atoms with Crippen LogP contribution in [0.4, 0.5) is 11.6 Å². The molecule has 0 aliphatic carbocycles. The number of carbonyl (C=O) groups is 2. The molecule has 1 amide bonds. The number of fused-ring (bicyclic) bond motifs is 1. The van der Waals surface area contributed by atoms with Gasteiger partial charge in [0.1, 0.15) is 21.9 Å². The van der Waals surface area contributed by atoms with Crippen molar-refractivity contribution in [2.45, 2.75) is 6.92 Å². The van der Waals surface area contributed by atoms with E-state index in [-0.39, 0.29) is 33.4 Å². The number of amides is 1. The summed E-state index contributed by atoms with van der Waals surface area (Å²) < 4.78 is 11.4. The lowest BCUT2D eigenvalue weighted by Crippen LogP contribution is -2.14. The fourth-order valence-electron chi connectivity index (χ4n) is 3.18.